The summed E-state index contributed by atoms with van der Waals surface area (Å²) in [6.07, 6.45) is 1.29. The first-order chi connectivity index (χ1) is 12.2. The first kappa shape index (κ1) is 19.2. The van der Waals surface area contributed by atoms with Crippen molar-refractivity contribution in [3.05, 3.63) is 28.8 Å². The minimum absolute atomic E-state index is 0.0719. The van der Waals surface area contributed by atoms with Crippen LogP contribution >= 0.6 is 11.8 Å². The van der Waals surface area contributed by atoms with Crippen molar-refractivity contribution < 1.29 is 13.2 Å². The molecule has 1 aliphatic heterocycles. The van der Waals surface area contributed by atoms with E-state index in [1.807, 2.05) is 43.1 Å². The summed E-state index contributed by atoms with van der Waals surface area (Å²) >= 11 is 1.36. The van der Waals surface area contributed by atoms with E-state index >= 15 is 0 Å². The fourth-order valence-corrected chi connectivity index (χ4v) is 5.96. The van der Waals surface area contributed by atoms with Crippen LogP contribution in [0.2, 0.25) is 0 Å². The molecular weight excluding hydrogens is 372 g/mol. The maximum atomic E-state index is 12.5. The maximum absolute atomic E-state index is 12.5. The highest BCUT2D eigenvalue weighted by Crippen LogP contribution is 2.24. The normalized spacial score (nSPS) is 19.2. The topological polar surface area (TPSA) is 86.9 Å². The lowest BCUT2D eigenvalue weighted by Gasteiger charge is -2.07. The number of Topliss-reactive ketones (excluding diaryl/α,β-unsaturated/α-hetero) is 1. The largest absolute Gasteiger partial charge is 0.351 e. The first-order valence-electron chi connectivity index (χ1n) is 8.55. The van der Waals surface area contributed by atoms with Crippen molar-refractivity contribution >= 4 is 27.4 Å². The monoisotopic (exact) mass is 396 g/mol. The SMILES string of the molecule is Cc1cc(C(=O)CSc2nnc(C[C@@H]3CCS(=O)(=O)C3)n2C)c(C)n1C. The molecule has 0 aromatic carbocycles. The van der Waals surface area contributed by atoms with Gasteiger partial charge in [0.25, 0.3) is 0 Å². The summed E-state index contributed by atoms with van der Waals surface area (Å²) in [5, 5.41) is 9.05. The Kier molecular flexibility index (Phi) is 5.30. The van der Waals surface area contributed by atoms with Crippen molar-refractivity contribution in [2.24, 2.45) is 20.0 Å². The minimum Gasteiger partial charge on any atom is -0.351 e. The Bertz CT molecular complexity index is 944. The molecule has 3 heterocycles. The van der Waals surface area contributed by atoms with Crippen LogP contribution in [-0.2, 0) is 30.4 Å². The first-order valence-corrected chi connectivity index (χ1v) is 11.4. The van der Waals surface area contributed by atoms with Crippen LogP contribution in [0, 0.1) is 19.8 Å². The highest BCUT2D eigenvalue weighted by molar-refractivity contribution is 7.99. The lowest BCUT2D eigenvalue weighted by Crippen LogP contribution is -2.11. The fourth-order valence-electron chi connectivity index (χ4n) is 3.29. The van der Waals surface area contributed by atoms with E-state index in [1.54, 1.807) is 0 Å². The van der Waals surface area contributed by atoms with Crippen molar-refractivity contribution in [3.8, 4) is 0 Å². The van der Waals surface area contributed by atoms with Crippen molar-refractivity contribution in [3.63, 3.8) is 0 Å². The van der Waals surface area contributed by atoms with Crippen molar-refractivity contribution in [1.29, 1.82) is 0 Å². The average molecular weight is 397 g/mol. The van der Waals surface area contributed by atoms with Gasteiger partial charge in [0, 0.05) is 37.5 Å². The second-order valence-electron chi connectivity index (χ2n) is 6.99. The number of ketones is 1. The molecule has 0 saturated carbocycles. The Morgan fingerprint density at radius 3 is 2.58 bits per heavy atom. The summed E-state index contributed by atoms with van der Waals surface area (Å²) in [5.41, 5.74) is 2.77. The molecule has 1 fully saturated rings. The lowest BCUT2D eigenvalue weighted by molar-refractivity contribution is 0.102. The fraction of sp³-hybridized carbons (Fsp3) is 0.588. The average Bonchev–Trinajstić information content (AvgIpc) is 3.19. The summed E-state index contributed by atoms with van der Waals surface area (Å²) in [7, 11) is 0.927. The number of rotatable bonds is 6. The number of hydrogen-bond acceptors (Lipinski definition) is 6. The van der Waals surface area contributed by atoms with Crippen LogP contribution in [0.3, 0.4) is 0 Å². The number of carbonyl (C=O) groups is 1. The van der Waals surface area contributed by atoms with Gasteiger partial charge in [-0.15, -0.1) is 10.2 Å². The maximum Gasteiger partial charge on any atom is 0.191 e. The standard InChI is InChI=1S/C17H24N4O3S2/c1-11-7-14(12(2)20(11)3)15(22)9-25-17-19-18-16(21(17)4)8-13-5-6-26(23,24)10-13/h7,13H,5-6,8-10H2,1-4H3/t13-/m0/s1. The molecule has 7 nitrogen and oxygen atoms in total. The van der Waals surface area contributed by atoms with Gasteiger partial charge in [-0.3, -0.25) is 4.79 Å². The summed E-state index contributed by atoms with van der Waals surface area (Å²) < 4.78 is 27.1. The molecule has 2 aromatic heterocycles. The number of aryl methyl sites for hydroxylation is 1. The van der Waals surface area contributed by atoms with Crippen LogP contribution in [-0.4, -0.2) is 50.8 Å². The second-order valence-corrected chi connectivity index (χ2v) is 10.2. The summed E-state index contributed by atoms with van der Waals surface area (Å²) in [6.45, 7) is 3.93. The van der Waals surface area contributed by atoms with E-state index in [9.17, 15) is 13.2 Å². The number of nitrogens with zero attached hydrogens (tertiary/aromatic N) is 4. The van der Waals surface area contributed by atoms with Crippen LogP contribution < -0.4 is 0 Å². The third kappa shape index (κ3) is 3.88. The Hall–Kier alpha value is -1.61. The van der Waals surface area contributed by atoms with Gasteiger partial charge in [-0.1, -0.05) is 11.8 Å². The molecule has 1 saturated heterocycles. The van der Waals surface area contributed by atoms with Gasteiger partial charge in [0.2, 0.25) is 0 Å². The summed E-state index contributed by atoms with van der Waals surface area (Å²) in [6, 6.07) is 1.92. The molecule has 3 rings (SSSR count). The second kappa shape index (κ2) is 7.19. The van der Waals surface area contributed by atoms with E-state index < -0.39 is 9.84 Å². The van der Waals surface area contributed by atoms with Gasteiger partial charge < -0.3 is 9.13 Å². The smallest absolute Gasteiger partial charge is 0.191 e. The van der Waals surface area contributed by atoms with E-state index in [4.69, 9.17) is 0 Å². The van der Waals surface area contributed by atoms with Crippen LogP contribution in [0.15, 0.2) is 11.2 Å². The van der Waals surface area contributed by atoms with Crippen LogP contribution in [0.1, 0.15) is 34.0 Å². The molecule has 0 amide bonds. The van der Waals surface area contributed by atoms with E-state index in [-0.39, 0.29) is 23.2 Å². The zero-order valence-corrected chi connectivity index (χ0v) is 17.2. The molecule has 0 bridgehead atoms. The number of thioether (sulfide) groups is 1. The number of hydrogen-bond donors (Lipinski definition) is 0. The molecule has 1 aliphatic rings. The van der Waals surface area contributed by atoms with Gasteiger partial charge in [-0.2, -0.15) is 0 Å². The molecule has 0 aliphatic carbocycles. The molecule has 2 aromatic rings. The summed E-state index contributed by atoms with van der Waals surface area (Å²) in [4.78, 5) is 12.5. The summed E-state index contributed by atoms with van der Waals surface area (Å²) in [5.74, 6) is 1.75. The predicted molar refractivity (Wildman–Crippen MR) is 101 cm³/mol. The van der Waals surface area contributed by atoms with Crippen LogP contribution in [0.25, 0.3) is 0 Å². The van der Waals surface area contributed by atoms with E-state index in [2.05, 4.69) is 10.2 Å². The lowest BCUT2D eigenvalue weighted by atomic mass is 10.1. The molecule has 9 heteroatoms. The molecule has 0 spiro atoms. The van der Waals surface area contributed by atoms with Gasteiger partial charge in [0.1, 0.15) is 5.82 Å². The Labute approximate surface area is 158 Å². The van der Waals surface area contributed by atoms with Gasteiger partial charge in [-0.25, -0.2) is 8.42 Å². The van der Waals surface area contributed by atoms with Gasteiger partial charge in [0.05, 0.1) is 17.3 Å². The van der Waals surface area contributed by atoms with Gasteiger partial charge in [-0.05, 0) is 32.3 Å². The number of sulfone groups is 1. The van der Waals surface area contributed by atoms with E-state index in [1.165, 1.54) is 11.8 Å². The molecule has 0 N–H and O–H groups in total. The minimum atomic E-state index is -2.89. The molecule has 0 radical (unpaired) electrons. The van der Waals surface area contributed by atoms with E-state index in [0.717, 1.165) is 22.8 Å². The highest BCUT2D eigenvalue weighted by atomic mass is 32.2. The number of aromatic nitrogens is 4. The predicted octanol–water partition coefficient (Wildman–Crippen LogP) is 1.72. The van der Waals surface area contributed by atoms with Crippen LogP contribution in [0.4, 0.5) is 0 Å². The van der Waals surface area contributed by atoms with Crippen molar-refractivity contribution in [2.75, 3.05) is 17.3 Å². The van der Waals surface area contributed by atoms with Gasteiger partial charge in [0.15, 0.2) is 20.8 Å². The van der Waals surface area contributed by atoms with Crippen molar-refractivity contribution in [1.82, 2.24) is 19.3 Å². The van der Waals surface area contributed by atoms with E-state index in [0.29, 0.717) is 23.8 Å². The quantitative estimate of drug-likeness (QED) is 0.546. The molecule has 0 unspecified atom stereocenters. The molecule has 26 heavy (non-hydrogen) atoms. The third-order valence-corrected chi connectivity index (χ3v) is 7.99. The zero-order valence-electron chi connectivity index (χ0n) is 15.5. The molecular formula is C17H24N4O3S2. The Morgan fingerprint density at radius 2 is 2.00 bits per heavy atom. The zero-order chi connectivity index (χ0) is 19.1. The van der Waals surface area contributed by atoms with Gasteiger partial charge >= 0.3 is 0 Å². The van der Waals surface area contributed by atoms with Crippen LogP contribution in [0.5, 0.6) is 0 Å². The molecule has 142 valence electrons. The van der Waals surface area contributed by atoms with Crippen molar-refractivity contribution in [2.45, 2.75) is 31.8 Å². The molecule has 1 atom stereocenters. The third-order valence-electron chi connectivity index (χ3n) is 5.13. The highest BCUT2D eigenvalue weighted by Gasteiger charge is 2.29. The number of carbonyl (C=O) groups excluding carboxylic acids is 1. The Balaban J connectivity index is 1.63. The Morgan fingerprint density at radius 1 is 1.27 bits per heavy atom.